The molecular formula is C72H140O7. The highest BCUT2D eigenvalue weighted by molar-refractivity contribution is 5.88. The molecule has 0 amide bonds. The number of aliphatic hydroxyl groups is 1. The number of carboxylic acid groups (broad SMARTS) is 2. The Hall–Kier alpha value is -1.63. The topological polar surface area (TPSA) is 121 Å². The van der Waals surface area contributed by atoms with E-state index < -0.39 is 36.4 Å². The molecule has 0 rings (SSSR count). The van der Waals surface area contributed by atoms with E-state index in [0.29, 0.717) is 11.8 Å². The second-order valence-electron chi connectivity index (χ2n) is 25.9. The number of carbonyl (C=O) groups excluding carboxylic acids is 1. The number of carboxylic acids is 2. The summed E-state index contributed by atoms with van der Waals surface area (Å²) in [5, 5.41) is 28.0. The first kappa shape index (κ1) is 77.4. The number of hydrogen-bond donors (Lipinski definition) is 3. The minimum atomic E-state index is -2.64. The van der Waals surface area contributed by atoms with Crippen LogP contribution in [0, 0.1) is 5.41 Å². The van der Waals surface area contributed by atoms with Crippen LogP contribution in [-0.2, 0) is 19.1 Å². The van der Waals surface area contributed by atoms with Crippen molar-refractivity contribution < 1.29 is 34.4 Å². The number of ether oxygens (including phenoxy) is 1. The van der Waals surface area contributed by atoms with Crippen LogP contribution in [0.25, 0.3) is 0 Å². The Labute approximate surface area is 493 Å². The average molecular weight is 1120 g/mol. The fourth-order valence-corrected chi connectivity index (χ4v) is 12.7. The third kappa shape index (κ3) is 55.3. The molecule has 1 atom stereocenters. The molecule has 0 fully saturated rings. The van der Waals surface area contributed by atoms with Crippen molar-refractivity contribution >= 4 is 17.9 Å². The van der Waals surface area contributed by atoms with Gasteiger partial charge in [-0.05, 0) is 37.5 Å². The number of unbranched alkanes of at least 4 members (excludes halogenated alkanes) is 53. The second-order valence-corrected chi connectivity index (χ2v) is 25.9. The summed E-state index contributed by atoms with van der Waals surface area (Å²) in [4.78, 5) is 34.2. The summed E-state index contributed by atoms with van der Waals surface area (Å²) in [6, 6.07) is 0. The van der Waals surface area contributed by atoms with Crippen LogP contribution in [0.1, 0.15) is 425 Å². The van der Waals surface area contributed by atoms with Crippen molar-refractivity contribution in [3.05, 3.63) is 0 Å². The summed E-state index contributed by atoms with van der Waals surface area (Å²) in [5.74, 6) is -4.10. The first-order valence-corrected chi connectivity index (χ1v) is 36.0. The maximum Gasteiger partial charge on any atom is 0.336 e. The highest BCUT2D eigenvalue weighted by atomic mass is 16.5. The van der Waals surface area contributed by atoms with Gasteiger partial charge in [-0.3, -0.25) is 9.59 Å². The molecule has 0 bridgehead atoms. The van der Waals surface area contributed by atoms with Gasteiger partial charge in [0.2, 0.25) is 0 Å². The van der Waals surface area contributed by atoms with E-state index in [4.69, 9.17) is 14.9 Å². The Balaban J connectivity index is 4.90. The lowest BCUT2D eigenvalue weighted by Crippen LogP contribution is -2.43. The predicted octanol–water partition coefficient (Wildman–Crippen LogP) is 24.1. The molecule has 7 heteroatoms. The van der Waals surface area contributed by atoms with Crippen molar-refractivity contribution in [3.8, 4) is 0 Å². The maximum absolute atomic E-state index is 12.0. The van der Waals surface area contributed by atoms with E-state index in [0.717, 1.165) is 19.3 Å². The maximum atomic E-state index is 12.0. The van der Waals surface area contributed by atoms with Gasteiger partial charge in [0, 0.05) is 0 Å². The first-order valence-electron chi connectivity index (χ1n) is 36.0. The van der Waals surface area contributed by atoms with Crippen LogP contribution in [0.3, 0.4) is 0 Å². The first-order chi connectivity index (χ1) is 38.6. The highest BCUT2D eigenvalue weighted by Gasteiger charge is 2.41. The van der Waals surface area contributed by atoms with Crippen LogP contribution in [0.2, 0.25) is 0 Å². The van der Waals surface area contributed by atoms with E-state index in [-0.39, 0.29) is 6.61 Å². The van der Waals surface area contributed by atoms with Crippen molar-refractivity contribution in [1.82, 2.24) is 0 Å². The highest BCUT2D eigenvalue weighted by Crippen LogP contribution is 2.42. The molecule has 79 heavy (non-hydrogen) atoms. The van der Waals surface area contributed by atoms with Gasteiger partial charge in [0.15, 0.2) is 5.60 Å². The van der Waals surface area contributed by atoms with Crippen molar-refractivity contribution in [2.24, 2.45) is 5.41 Å². The van der Waals surface area contributed by atoms with E-state index in [9.17, 15) is 19.5 Å². The SMILES string of the molecule is CCCCCCCCCCCCCCCCC(CCCCCCCCCCCCCCCC)(CCCCCCCCCCCCCCCC)CCCCCCCCCCCCCCCCCOC(=O)CC(O)(CC(=O)O)C(=O)O. The molecule has 0 aliphatic carbocycles. The molecule has 0 aromatic carbocycles. The molecule has 1 unspecified atom stereocenters. The fraction of sp³-hybridized carbons (Fsp3) is 0.958. The third-order valence-corrected chi connectivity index (χ3v) is 18.1. The van der Waals surface area contributed by atoms with Gasteiger partial charge in [-0.25, -0.2) is 4.79 Å². The monoisotopic (exact) mass is 1120 g/mol. The second kappa shape index (κ2) is 60.9. The van der Waals surface area contributed by atoms with Crippen molar-refractivity contribution in [1.29, 1.82) is 0 Å². The lowest BCUT2D eigenvalue weighted by Gasteiger charge is -2.35. The predicted molar refractivity (Wildman–Crippen MR) is 342 cm³/mol. The number of carbonyl (C=O) groups is 3. The van der Waals surface area contributed by atoms with E-state index in [2.05, 4.69) is 20.8 Å². The molecule has 7 nitrogen and oxygen atoms in total. The molecule has 0 saturated carbocycles. The lowest BCUT2D eigenvalue weighted by atomic mass is 9.70. The Morgan fingerprint density at radius 2 is 0.468 bits per heavy atom. The molecule has 3 N–H and O–H groups in total. The fourth-order valence-electron chi connectivity index (χ4n) is 12.7. The van der Waals surface area contributed by atoms with E-state index in [1.165, 1.54) is 366 Å². The summed E-state index contributed by atoms with van der Waals surface area (Å²) in [7, 11) is 0. The normalized spacial score (nSPS) is 12.6. The van der Waals surface area contributed by atoms with Gasteiger partial charge in [-0.1, -0.05) is 380 Å². The van der Waals surface area contributed by atoms with E-state index in [1.807, 2.05) is 0 Å². The largest absolute Gasteiger partial charge is 0.481 e. The summed E-state index contributed by atoms with van der Waals surface area (Å²) in [6.45, 7) is 7.11. The Morgan fingerprint density at radius 1 is 0.278 bits per heavy atom. The Bertz CT molecular complexity index is 1190. The zero-order chi connectivity index (χ0) is 57.7. The van der Waals surface area contributed by atoms with Gasteiger partial charge in [-0.2, -0.15) is 0 Å². The Morgan fingerprint density at radius 3 is 0.658 bits per heavy atom. The average Bonchev–Trinajstić information content (AvgIpc) is 3.43. The van der Waals surface area contributed by atoms with Gasteiger partial charge in [0.25, 0.3) is 0 Å². The third-order valence-electron chi connectivity index (χ3n) is 18.1. The summed E-state index contributed by atoms with van der Waals surface area (Å²) in [6.07, 6.45) is 83.8. The number of hydrogen-bond acceptors (Lipinski definition) is 5. The van der Waals surface area contributed by atoms with Crippen molar-refractivity contribution in [2.75, 3.05) is 6.61 Å². The quantitative estimate of drug-likeness (QED) is 0.0410. The molecule has 470 valence electrons. The molecule has 0 aromatic rings. The van der Waals surface area contributed by atoms with Gasteiger partial charge < -0.3 is 20.1 Å². The van der Waals surface area contributed by atoms with Gasteiger partial charge >= 0.3 is 17.9 Å². The van der Waals surface area contributed by atoms with Crippen LogP contribution in [0.15, 0.2) is 0 Å². The molecule has 0 radical (unpaired) electrons. The Kier molecular flexibility index (Phi) is 59.7. The van der Waals surface area contributed by atoms with Crippen LogP contribution >= 0.6 is 0 Å². The molecule has 0 spiro atoms. The van der Waals surface area contributed by atoms with Crippen LogP contribution in [0.5, 0.6) is 0 Å². The van der Waals surface area contributed by atoms with Crippen molar-refractivity contribution in [3.63, 3.8) is 0 Å². The number of rotatable bonds is 68. The minimum Gasteiger partial charge on any atom is -0.481 e. The van der Waals surface area contributed by atoms with Gasteiger partial charge in [-0.15, -0.1) is 0 Å². The molecule has 0 saturated heterocycles. The summed E-state index contributed by atoms with van der Waals surface area (Å²) < 4.78 is 5.07. The van der Waals surface area contributed by atoms with Crippen LogP contribution in [-0.4, -0.2) is 45.4 Å². The number of aliphatic carboxylic acids is 2. The zero-order valence-corrected chi connectivity index (χ0v) is 53.7. The summed E-state index contributed by atoms with van der Waals surface area (Å²) >= 11 is 0. The van der Waals surface area contributed by atoms with Crippen LogP contribution < -0.4 is 0 Å². The van der Waals surface area contributed by atoms with Gasteiger partial charge in [0.05, 0.1) is 19.4 Å². The number of esters is 1. The van der Waals surface area contributed by atoms with E-state index in [1.54, 1.807) is 0 Å². The summed E-state index contributed by atoms with van der Waals surface area (Å²) in [5.41, 5.74) is -2.05. The van der Waals surface area contributed by atoms with Gasteiger partial charge in [0.1, 0.15) is 0 Å². The standard InChI is InChI=1S/C72H140O7/c1-4-7-10-13-16-19-22-25-31-36-41-46-51-56-61-71(62-57-52-47-42-37-32-26-23-20-17-14-11-8-5-2,63-58-53-48-43-38-33-27-24-21-18-15-12-9-6-3)64-59-54-49-44-39-34-29-28-30-35-40-45-50-55-60-65-79-69(75)67-72(78,70(76)77)66-68(73)74/h78H,4-67H2,1-3H3,(H,73,74)(H,76,77). The lowest BCUT2D eigenvalue weighted by molar-refractivity contribution is -0.172. The molecule has 0 heterocycles. The zero-order valence-electron chi connectivity index (χ0n) is 53.7. The van der Waals surface area contributed by atoms with Crippen LogP contribution in [0.4, 0.5) is 0 Å². The smallest absolute Gasteiger partial charge is 0.336 e. The molecule has 0 aliphatic rings. The van der Waals surface area contributed by atoms with E-state index >= 15 is 0 Å². The van der Waals surface area contributed by atoms with Crippen molar-refractivity contribution in [2.45, 2.75) is 431 Å². The molecule has 0 aliphatic heterocycles. The molecule has 0 aromatic heterocycles. The minimum absolute atomic E-state index is 0.154. The molecular weight excluding hydrogens is 977 g/mol.